The molecule has 0 spiro atoms. The third kappa shape index (κ3) is 9.45. The number of hydrogen-bond acceptors (Lipinski definition) is 4. The second-order valence-electron chi connectivity index (χ2n) is 10.3. The number of pyridine rings is 1. The average Bonchev–Trinajstić information content (AvgIpc) is 2.92. The monoisotopic (exact) mass is 553 g/mol. The molecule has 0 bridgehead atoms. The minimum atomic E-state index is -3.58. The fourth-order valence-corrected chi connectivity index (χ4v) is 4.74. The van der Waals surface area contributed by atoms with Gasteiger partial charge in [-0.1, -0.05) is 46.0 Å². The van der Waals surface area contributed by atoms with Crippen molar-refractivity contribution in [3.8, 4) is 17.0 Å². The van der Waals surface area contributed by atoms with E-state index in [-0.39, 0.29) is 30.5 Å². The molecule has 0 radical (unpaired) electrons. The maximum Gasteiger partial charge on any atom is 0.303 e. The molecule has 0 amide bonds. The average molecular weight is 554 g/mol. The fraction of sp³-hybridized carbons (Fsp3) is 0.645. The Morgan fingerprint density at radius 2 is 1.67 bits per heavy atom. The van der Waals surface area contributed by atoms with E-state index >= 15 is 8.78 Å². The Bertz CT molecular complexity index is 987. The second-order valence-corrected chi connectivity index (χ2v) is 10.3. The number of rotatable bonds is 18. The first-order valence-electron chi connectivity index (χ1n) is 14.5. The van der Waals surface area contributed by atoms with Gasteiger partial charge in [0.15, 0.2) is 0 Å². The molecule has 1 aliphatic carbocycles. The number of nitrogens with zero attached hydrogens (tertiary/aromatic N) is 1. The molecule has 0 aliphatic heterocycles. The number of halogens is 4. The third-order valence-corrected chi connectivity index (χ3v) is 7.06. The predicted octanol–water partition coefficient (Wildman–Crippen LogP) is 8.60. The van der Waals surface area contributed by atoms with Crippen LogP contribution in [0.3, 0.4) is 0 Å². The maximum atomic E-state index is 15.2. The Morgan fingerprint density at radius 3 is 2.41 bits per heavy atom. The summed E-state index contributed by atoms with van der Waals surface area (Å²) >= 11 is 0. The van der Waals surface area contributed by atoms with E-state index in [2.05, 4.69) is 18.8 Å². The highest BCUT2D eigenvalue weighted by Gasteiger charge is 2.49. The molecule has 39 heavy (non-hydrogen) atoms. The highest BCUT2D eigenvalue weighted by Crippen LogP contribution is 2.44. The predicted molar refractivity (Wildman–Crippen MR) is 146 cm³/mol. The molecule has 8 heteroatoms. The molecular formula is C31H43F4NO3. The standard InChI is InChI=1S/C31H43F4NO3/c1-3-5-7-8-11-25(32)22-39-28-17-14-24-21-27(36-30(33)29(24)31(28,34)35)23-12-15-26(16-13-23)38-20-10-9-19-37-18-6-4-2/h12-13,15-16,21,25,28H,3-11,14,17-20,22H2,1-2H3. The Hall–Kier alpha value is -2.19. The van der Waals surface area contributed by atoms with E-state index in [1.165, 1.54) is 6.07 Å². The van der Waals surface area contributed by atoms with E-state index in [0.29, 0.717) is 24.3 Å². The zero-order valence-corrected chi connectivity index (χ0v) is 23.3. The van der Waals surface area contributed by atoms with Crippen LogP contribution in [-0.4, -0.2) is 43.7 Å². The lowest BCUT2D eigenvalue weighted by Crippen LogP contribution is -2.40. The molecular weight excluding hydrogens is 510 g/mol. The minimum absolute atomic E-state index is 0.0120. The van der Waals surface area contributed by atoms with Crippen LogP contribution in [0.15, 0.2) is 30.3 Å². The van der Waals surface area contributed by atoms with Crippen molar-refractivity contribution in [1.29, 1.82) is 0 Å². The zero-order chi connectivity index (χ0) is 28.1. The lowest BCUT2D eigenvalue weighted by atomic mass is 9.86. The van der Waals surface area contributed by atoms with E-state index in [1.54, 1.807) is 24.3 Å². The van der Waals surface area contributed by atoms with Gasteiger partial charge in [0, 0.05) is 18.8 Å². The van der Waals surface area contributed by atoms with Crippen LogP contribution in [0, 0.1) is 5.95 Å². The van der Waals surface area contributed by atoms with Crippen LogP contribution in [-0.2, 0) is 21.8 Å². The van der Waals surface area contributed by atoms with Crippen molar-refractivity contribution in [3.05, 3.63) is 47.4 Å². The van der Waals surface area contributed by atoms with Gasteiger partial charge in [-0.15, -0.1) is 0 Å². The highest BCUT2D eigenvalue weighted by molar-refractivity contribution is 5.62. The van der Waals surface area contributed by atoms with Crippen molar-refractivity contribution in [2.24, 2.45) is 0 Å². The van der Waals surface area contributed by atoms with Crippen LogP contribution in [0.2, 0.25) is 0 Å². The number of hydrogen-bond donors (Lipinski definition) is 0. The molecule has 0 fully saturated rings. The summed E-state index contributed by atoms with van der Waals surface area (Å²) in [6, 6.07) is 8.53. The summed E-state index contributed by atoms with van der Waals surface area (Å²) in [7, 11) is 0. The molecule has 0 N–H and O–H groups in total. The van der Waals surface area contributed by atoms with Gasteiger partial charge in [-0.2, -0.15) is 13.2 Å². The first kappa shape index (κ1) is 31.3. The number of aromatic nitrogens is 1. The van der Waals surface area contributed by atoms with Crippen molar-refractivity contribution in [1.82, 2.24) is 4.98 Å². The number of unbranched alkanes of at least 4 members (excludes halogenated alkanes) is 5. The maximum absolute atomic E-state index is 15.2. The molecule has 0 saturated heterocycles. The van der Waals surface area contributed by atoms with Crippen LogP contribution in [0.4, 0.5) is 17.6 Å². The summed E-state index contributed by atoms with van der Waals surface area (Å²) in [6.45, 7) is 5.86. The van der Waals surface area contributed by atoms with Crippen LogP contribution in [0.1, 0.15) is 89.2 Å². The number of ether oxygens (including phenoxy) is 3. The molecule has 1 aliphatic rings. The Morgan fingerprint density at radius 1 is 0.949 bits per heavy atom. The van der Waals surface area contributed by atoms with Crippen molar-refractivity contribution in [3.63, 3.8) is 0 Å². The Kier molecular flexibility index (Phi) is 13.0. The van der Waals surface area contributed by atoms with Gasteiger partial charge in [0.1, 0.15) is 18.0 Å². The van der Waals surface area contributed by atoms with Gasteiger partial charge in [-0.25, -0.2) is 9.37 Å². The quantitative estimate of drug-likeness (QED) is 0.105. The summed E-state index contributed by atoms with van der Waals surface area (Å²) in [5, 5.41) is 0. The zero-order valence-electron chi connectivity index (χ0n) is 23.3. The summed E-state index contributed by atoms with van der Waals surface area (Å²) in [5.74, 6) is -4.12. The van der Waals surface area contributed by atoms with E-state index in [4.69, 9.17) is 14.2 Å². The number of aryl methyl sites for hydroxylation is 1. The van der Waals surface area contributed by atoms with Crippen LogP contribution < -0.4 is 4.74 Å². The van der Waals surface area contributed by atoms with E-state index < -0.39 is 36.3 Å². The SMILES string of the molecule is CCCCCCC(F)COC1CCc2cc(-c3ccc(OCCCCOCCCC)cc3)nc(F)c2C1(F)F. The molecule has 3 rings (SSSR count). The van der Waals surface area contributed by atoms with Gasteiger partial charge in [0.2, 0.25) is 5.95 Å². The first-order valence-corrected chi connectivity index (χ1v) is 14.5. The first-order chi connectivity index (χ1) is 18.9. The molecule has 1 aromatic heterocycles. The van der Waals surface area contributed by atoms with Crippen LogP contribution in [0.25, 0.3) is 11.3 Å². The summed E-state index contributed by atoms with van der Waals surface area (Å²) < 4.78 is 76.2. The van der Waals surface area contributed by atoms with Crippen molar-refractivity contribution >= 4 is 0 Å². The molecule has 1 heterocycles. The minimum Gasteiger partial charge on any atom is -0.494 e. The topological polar surface area (TPSA) is 40.6 Å². The summed E-state index contributed by atoms with van der Waals surface area (Å²) in [4.78, 5) is 3.86. The van der Waals surface area contributed by atoms with Crippen molar-refractivity contribution < 1.29 is 31.8 Å². The van der Waals surface area contributed by atoms with Gasteiger partial charge in [0.25, 0.3) is 0 Å². The van der Waals surface area contributed by atoms with Gasteiger partial charge in [0.05, 0.1) is 24.5 Å². The number of alkyl halides is 3. The van der Waals surface area contributed by atoms with E-state index in [9.17, 15) is 8.78 Å². The smallest absolute Gasteiger partial charge is 0.303 e. The van der Waals surface area contributed by atoms with Crippen LogP contribution in [0.5, 0.6) is 5.75 Å². The van der Waals surface area contributed by atoms with E-state index in [0.717, 1.165) is 58.2 Å². The summed E-state index contributed by atoms with van der Waals surface area (Å²) in [5.41, 5.74) is 0.367. The normalized spacial score (nSPS) is 17.1. The van der Waals surface area contributed by atoms with Gasteiger partial charge < -0.3 is 14.2 Å². The highest BCUT2D eigenvalue weighted by atomic mass is 19.3. The number of benzene rings is 1. The largest absolute Gasteiger partial charge is 0.494 e. The number of fused-ring (bicyclic) bond motifs is 1. The second kappa shape index (κ2) is 16.2. The molecule has 2 unspecified atom stereocenters. The van der Waals surface area contributed by atoms with Crippen LogP contribution >= 0.6 is 0 Å². The fourth-order valence-electron chi connectivity index (χ4n) is 4.74. The Balaban J connectivity index is 1.54. The molecule has 2 aromatic rings. The van der Waals surface area contributed by atoms with E-state index in [1.807, 2.05) is 0 Å². The van der Waals surface area contributed by atoms with Gasteiger partial charge in [-0.05, 0) is 74.4 Å². The molecule has 1 aromatic carbocycles. The molecule has 0 saturated carbocycles. The van der Waals surface area contributed by atoms with Gasteiger partial charge >= 0.3 is 5.92 Å². The summed E-state index contributed by atoms with van der Waals surface area (Å²) in [6.07, 6.45) is 5.26. The lowest BCUT2D eigenvalue weighted by molar-refractivity contribution is -0.160. The molecule has 218 valence electrons. The Labute approximate surface area is 230 Å². The third-order valence-electron chi connectivity index (χ3n) is 7.06. The molecule has 2 atom stereocenters. The van der Waals surface area contributed by atoms with Crippen molar-refractivity contribution in [2.45, 2.75) is 103 Å². The van der Waals surface area contributed by atoms with Gasteiger partial charge in [-0.3, -0.25) is 0 Å². The molecule has 4 nitrogen and oxygen atoms in total. The van der Waals surface area contributed by atoms with Crippen molar-refractivity contribution in [2.75, 3.05) is 26.4 Å². The lowest BCUT2D eigenvalue weighted by Gasteiger charge is -2.33.